The van der Waals surface area contributed by atoms with Crippen LogP contribution < -0.4 is 16.1 Å². The molecule has 1 amide bonds. The first-order valence-electron chi connectivity index (χ1n) is 7.37. The van der Waals surface area contributed by atoms with Gasteiger partial charge in [0.2, 0.25) is 0 Å². The van der Waals surface area contributed by atoms with Crippen LogP contribution in [0.4, 0.5) is 5.69 Å². The molecule has 3 rings (SSSR count). The lowest BCUT2D eigenvalue weighted by atomic mass is 10.2. The smallest absolute Gasteiger partial charge is 0.326 e. The minimum Gasteiger partial charge on any atom is -0.368 e. The SMILES string of the molecule is O=C(c1cc(=O)[nH]c(=O)[nH]1)N1CCN(c2cc(Cl)c(Cl)c(Cl)c2)CC1. The van der Waals surface area contributed by atoms with E-state index in [0.717, 1.165) is 11.8 Å². The summed E-state index contributed by atoms with van der Waals surface area (Å²) in [5, 5.41) is 1.03. The molecular formula is C15H13Cl3N4O3. The normalized spacial score (nSPS) is 14.7. The second kappa shape index (κ2) is 7.11. The number of anilines is 1. The molecule has 2 aromatic rings. The van der Waals surface area contributed by atoms with Crippen LogP contribution in [0.25, 0.3) is 0 Å². The third-order valence-corrected chi connectivity index (χ3v) is 5.09. The molecule has 0 atom stereocenters. The number of hydrogen-bond acceptors (Lipinski definition) is 4. The van der Waals surface area contributed by atoms with Crippen LogP contribution in [0.5, 0.6) is 0 Å². The summed E-state index contributed by atoms with van der Waals surface area (Å²) < 4.78 is 0. The number of nitrogens with one attached hydrogen (secondary N) is 2. The number of amides is 1. The number of hydrogen-bond donors (Lipinski definition) is 2. The van der Waals surface area contributed by atoms with Crippen LogP contribution in [-0.2, 0) is 0 Å². The van der Waals surface area contributed by atoms with Crippen LogP contribution in [-0.4, -0.2) is 47.0 Å². The Labute approximate surface area is 157 Å². The highest BCUT2D eigenvalue weighted by atomic mass is 35.5. The summed E-state index contributed by atoms with van der Waals surface area (Å²) in [6, 6.07) is 4.53. The van der Waals surface area contributed by atoms with Gasteiger partial charge in [0.25, 0.3) is 11.5 Å². The Morgan fingerprint density at radius 1 is 0.920 bits per heavy atom. The van der Waals surface area contributed by atoms with E-state index in [0.29, 0.717) is 41.2 Å². The van der Waals surface area contributed by atoms with Gasteiger partial charge in [-0.2, -0.15) is 0 Å². The molecule has 1 saturated heterocycles. The first-order chi connectivity index (χ1) is 11.8. The van der Waals surface area contributed by atoms with Crippen molar-refractivity contribution in [3.8, 4) is 0 Å². The zero-order valence-electron chi connectivity index (χ0n) is 12.8. The van der Waals surface area contributed by atoms with Crippen LogP contribution >= 0.6 is 34.8 Å². The van der Waals surface area contributed by atoms with Crippen LogP contribution in [0, 0.1) is 0 Å². The molecule has 0 aliphatic carbocycles. The molecule has 1 fully saturated rings. The molecule has 1 aromatic heterocycles. The monoisotopic (exact) mass is 402 g/mol. The lowest BCUT2D eigenvalue weighted by Gasteiger charge is -2.36. The molecule has 10 heteroatoms. The molecule has 2 heterocycles. The fraction of sp³-hybridized carbons (Fsp3) is 0.267. The molecule has 25 heavy (non-hydrogen) atoms. The molecule has 0 spiro atoms. The summed E-state index contributed by atoms with van der Waals surface area (Å²) in [7, 11) is 0. The summed E-state index contributed by atoms with van der Waals surface area (Å²) in [5.41, 5.74) is -0.535. The highest BCUT2D eigenvalue weighted by Gasteiger charge is 2.24. The van der Waals surface area contributed by atoms with Crippen LogP contribution in [0.2, 0.25) is 15.1 Å². The zero-order chi connectivity index (χ0) is 18.1. The van der Waals surface area contributed by atoms with Crippen molar-refractivity contribution in [3.63, 3.8) is 0 Å². The molecule has 0 unspecified atom stereocenters. The van der Waals surface area contributed by atoms with E-state index in [1.807, 2.05) is 9.88 Å². The fourth-order valence-corrected chi connectivity index (χ4v) is 3.23. The number of H-pyrrole nitrogens is 2. The molecule has 132 valence electrons. The molecule has 1 aromatic carbocycles. The molecule has 2 N–H and O–H groups in total. The van der Waals surface area contributed by atoms with E-state index in [2.05, 4.69) is 4.98 Å². The summed E-state index contributed by atoms with van der Waals surface area (Å²) in [5.74, 6) is -0.393. The average Bonchev–Trinajstić information content (AvgIpc) is 2.58. The number of aromatic nitrogens is 2. The van der Waals surface area contributed by atoms with Crippen molar-refractivity contribution in [3.05, 3.63) is 59.8 Å². The minimum atomic E-state index is -0.708. The summed E-state index contributed by atoms with van der Waals surface area (Å²) in [6.07, 6.45) is 0. The van der Waals surface area contributed by atoms with Crippen molar-refractivity contribution in [1.82, 2.24) is 14.9 Å². The van der Waals surface area contributed by atoms with Crippen molar-refractivity contribution in [2.75, 3.05) is 31.1 Å². The second-order valence-corrected chi connectivity index (χ2v) is 6.70. The van der Waals surface area contributed by atoms with Gasteiger partial charge in [-0.05, 0) is 12.1 Å². The number of carbonyl (C=O) groups excluding carboxylic acids is 1. The van der Waals surface area contributed by atoms with Crippen LogP contribution in [0.3, 0.4) is 0 Å². The third-order valence-electron chi connectivity index (χ3n) is 3.89. The van der Waals surface area contributed by atoms with E-state index in [1.54, 1.807) is 17.0 Å². The minimum absolute atomic E-state index is 0.0280. The van der Waals surface area contributed by atoms with Gasteiger partial charge in [-0.25, -0.2) is 4.79 Å². The van der Waals surface area contributed by atoms with Crippen molar-refractivity contribution in [1.29, 1.82) is 0 Å². The lowest BCUT2D eigenvalue weighted by Crippen LogP contribution is -2.49. The topological polar surface area (TPSA) is 89.3 Å². The number of rotatable bonds is 2. The summed E-state index contributed by atoms with van der Waals surface area (Å²) in [4.78, 5) is 43.0. The number of carbonyl (C=O) groups is 1. The molecular weight excluding hydrogens is 391 g/mol. The van der Waals surface area contributed by atoms with Crippen molar-refractivity contribution < 1.29 is 4.79 Å². The Kier molecular flexibility index (Phi) is 5.08. The Bertz CT molecular complexity index is 881. The van der Waals surface area contributed by atoms with E-state index < -0.39 is 17.2 Å². The maximum Gasteiger partial charge on any atom is 0.326 e. The van der Waals surface area contributed by atoms with Gasteiger partial charge in [0.15, 0.2) is 0 Å². The van der Waals surface area contributed by atoms with Gasteiger partial charge in [-0.1, -0.05) is 34.8 Å². The number of benzene rings is 1. The molecule has 0 radical (unpaired) electrons. The van der Waals surface area contributed by atoms with E-state index >= 15 is 0 Å². The van der Waals surface area contributed by atoms with Gasteiger partial charge >= 0.3 is 5.69 Å². The molecule has 0 saturated carbocycles. The molecule has 1 aliphatic heterocycles. The number of aromatic amines is 2. The largest absolute Gasteiger partial charge is 0.368 e. The highest BCUT2D eigenvalue weighted by molar-refractivity contribution is 6.48. The quantitative estimate of drug-likeness (QED) is 0.751. The predicted octanol–water partition coefficient (Wildman–Crippen LogP) is 1.99. The number of nitrogens with zero attached hydrogens (tertiary/aromatic N) is 2. The van der Waals surface area contributed by atoms with Crippen LogP contribution in [0.1, 0.15) is 10.5 Å². The van der Waals surface area contributed by atoms with Gasteiger partial charge < -0.3 is 14.8 Å². The maximum atomic E-state index is 12.4. The average molecular weight is 404 g/mol. The Balaban J connectivity index is 1.72. The van der Waals surface area contributed by atoms with Crippen molar-refractivity contribution in [2.45, 2.75) is 0 Å². The van der Waals surface area contributed by atoms with Crippen molar-refractivity contribution >= 4 is 46.4 Å². The van der Waals surface area contributed by atoms with E-state index in [4.69, 9.17) is 34.8 Å². The maximum absolute atomic E-state index is 12.4. The fourth-order valence-electron chi connectivity index (χ4n) is 2.65. The number of piperazine rings is 1. The zero-order valence-corrected chi connectivity index (χ0v) is 15.1. The van der Waals surface area contributed by atoms with E-state index in [-0.39, 0.29) is 5.69 Å². The Morgan fingerprint density at radius 3 is 2.08 bits per heavy atom. The van der Waals surface area contributed by atoms with Gasteiger partial charge in [-0.15, -0.1) is 0 Å². The second-order valence-electron chi connectivity index (χ2n) is 5.50. The third kappa shape index (κ3) is 3.84. The van der Waals surface area contributed by atoms with Gasteiger partial charge in [-0.3, -0.25) is 14.6 Å². The lowest BCUT2D eigenvalue weighted by molar-refractivity contribution is 0.0740. The van der Waals surface area contributed by atoms with Crippen LogP contribution in [0.15, 0.2) is 27.8 Å². The summed E-state index contributed by atoms with van der Waals surface area (Å²) in [6.45, 7) is 1.94. The van der Waals surface area contributed by atoms with Crippen molar-refractivity contribution in [2.24, 2.45) is 0 Å². The molecule has 1 aliphatic rings. The molecule has 7 nitrogen and oxygen atoms in total. The standard InChI is InChI=1S/C15H13Cl3N4O3/c16-9-5-8(6-10(17)13(9)18)21-1-3-22(4-2-21)14(24)11-7-12(23)20-15(25)19-11/h5-7H,1-4H2,(H2,19,20,23,25). The Morgan fingerprint density at radius 2 is 1.52 bits per heavy atom. The van der Waals surface area contributed by atoms with Gasteiger partial charge in [0.1, 0.15) is 5.69 Å². The first kappa shape index (κ1) is 17.8. The van der Waals surface area contributed by atoms with Gasteiger partial charge in [0, 0.05) is 37.9 Å². The predicted molar refractivity (Wildman–Crippen MR) is 97.3 cm³/mol. The molecule has 0 bridgehead atoms. The van der Waals surface area contributed by atoms with E-state index in [9.17, 15) is 14.4 Å². The highest BCUT2D eigenvalue weighted by Crippen LogP contribution is 2.34. The first-order valence-corrected chi connectivity index (χ1v) is 8.51. The summed E-state index contributed by atoms with van der Waals surface area (Å²) >= 11 is 18.1. The number of halogens is 3. The van der Waals surface area contributed by atoms with Gasteiger partial charge in [0.05, 0.1) is 15.1 Å². The van der Waals surface area contributed by atoms with E-state index in [1.165, 1.54) is 0 Å². The Hall–Kier alpha value is -1.96.